The van der Waals surface area contributed by atoms with Crippen LogP contribution in [0, 0.1) is 0 Å². The number of hydrogen-bond donors (Lipinski definition) is 1. The number of aromatic nitrogens is 4. The maximum absolute atomic E-state index is 13.3. The Morgan fingerprint density at radius 3 is 2.59 bits per heavy atom. The predicted octanol–water partition coefficient (Wildman–Crippen LogP) is 5.01. The first kappa shape index (κ1) is 26.6. The number of benzene rings is 1. The highest BCUT2D eigenvalue weighted by molar-refractivity contribution is 7.92. The molecule has 0 bridgehead atoms. The number of anilines is 1. The minimum atomic E-state index is -3.95. The fraction of sp³-hybridized carbons (Fsp3) is 0.360. The molecule has 1 fully saturated rings. The summed E-state index contributed by atoms with van der Waals surface area (Å²) in [5.74, 6) is 0.659. The Morgan fingerprint density at radius 1 is 1.24 bits per heavy atom. The van der Waals surface area contributed by atoms with Crippen molar-refractivity contribution in [2.24, 2.45) is 0 Å². The number of allylic oxidation sites excluding steroid dienone is 1. The molecule has 1 N–H and O–H groups in total. The van der Waals surface area contributed by atoms with Crippen molar-refractivity contribution < 1.29 is 17.9 Å². The van der Waals surface area contributed by atoms with Crippen LogP contribution in [0.1, 0.15) is 45.7 Å². The van der Waals surface area contributed by atoms with E-state index in [1.54, 1.807) is 40.7 Å². The van der Waals surface area contributed by atoms with E-state index in [0.29, 0.717) is 31.1 Å². The van der Waals surface area contributed by atoms with Gasteiger partial charge in [0.05, 0.1) is 27.4 Å². The van der Waals surface area contributed by atoms with Gasteiger partial charge in [-0.1, -0.05) is 51.1 Å². The van der Waals surface area contributed by atoms with Crippen LogP contribution in [0.5, 0.6) is 0 Å². The average molecular weight is 545 g/mol. The van der Waals surface area contributed by atoms with Crippen LogP contribution in [0.25, 0.3) is 11.5 Å². The maximum Gasteiger partial charge on any atom is 0.414 e. The summed E-state index contributed by atoms with van der Waals surface area (Å²) in [6, 6.07) is 8.06. The van der Waals surface area contributed by atoms with Gasteiger partial charge in [-0.3, -0.25) is 4.72 Å². The zero-order chi connectivity index (χ0) is 27.0. The molecule has 4 rings (SSSR count). The van der Waals surface area contributed by atoms with Gasteiger partial charge in [-0.2, -0.15) is 0 Å². The highest BCUT2D eigenvalue weighted by Gasteiger charge is 2.31. The van der Waals surface area contributed by atoms with Gasteiger partial charge in [-0.15, -0.1) is 10.2 Å². The zero-order valence-electron chi connectivity index (χ0n) is 21.1. The number of likely N-dealkylation sites (tertiary alicyclic amines) is 1. The van der Waals surface area contributed by atoms with E-state index in [1.165, 1.54) is 18.6 Å². The molecule has 10 nitrogen and oxygen atoms in total. The largest absolute Gasteiger partial charge is 0.416 e. The van der Waals surface area contributed by atoms with Gasteiger partial charge >= 0.3 is 6.09 Å². The Kier molecular flexibility index (Phi) is 7.29. The van der Waals surface area contributed by atoms with Gasteiger partial charge in [0.1, 0.15) is 12.0 Å². The molecule has 1 saturated heterocycles. The van der Waals surface area contributed by atoms with Gasteiger partial charge < -0.3 is 14.2 Å². The SMILES string of the molecule is C=C(C)OC(=O)N1CCC(n2cnnc2-c2ncc(Cl)cc2NS(=O)(=O)c2ccc(C(C)(C)C)cc2)C1. The number of halogens is 1. The monoisotopic (exact) mass is 544 g/mol. The summed E-state index contributed by atoms with van der Waals surface area (Å²) in [7, 11) is -3.95. The van der Waals surface area contributed by atoms with E-state index in [2.05, 4.69) is 47.3 Å². The molecule has 12 heteroatoms. The highest BCUT2D eigenvalue weighted by atomic mass is 35.5. The van der Waals surface area contributed by atoms with Gasteiger partial charge in [-0.05, 0) is 42.5 Å². The minimum Gasteiger partial charge on any atom is -0.416 e. The molecule has 0 spiro atoms. The molecule has 1 amide bonds. The summed E-state index contributed by atoms with van der Waals surface area (Å²) in [6.07, 6.45) is 3.11. The Morgan fingerprint density at radius 2 is 1.95 bits per heavy atom. The lowest BCUT2D eigenvalue weighted by Gasteiger charge is -2.19. The molecule has 37 heavy (non-hydrogen) atoms. The second-order valence-corrected chi connectivity index (χ2v) is 12.1. The van der Waals surface area contributed by atoms with Gasteiger partial charge in [0.2, 0.25) is 0 Å². The molecule has 1 aromatic carbocycles. The molecule has 0 saturated carbocycles. The molecule has 3 aromatic rings. The van der Waals surface area contributed by atoms with Crippen LogP contribution in [0.15, 0.2) is 60.1 Å². The van der Waals surface area contributed by atoms with Crippen molar-refractivity contribution in [2.45, 2.75) is 50.5 Å². The molecule has 196 valence electrons. The van der Waals surface area contributed by atoms with Gasteiger partial charge in [-0.25, -0.2) is 18.2 Å². The van der Waals surface area contributed by atoms with Crippen molar-refractivity contribution in [3.05, 3.63) is 65.8 Å². The molecule has 1 unspecified atom stereocenters. The Bertz CT molecular complexity index is 1430. The lowest BCUT2D eigenvalue weighted by Crippen LogP contribution is -2.29. The van der Waals surface area contributed by atoms with Crippen LogP contribution in [0.4, 0.5) is 10.5 Å². The van der Waals surface area contributed by atoms with Crippen molar-refractivity contribution in [1.29, 1.82) is 0 Å². The van der Waals surface area contributed by atoms with E-state index >= 15 is 0 Å². The summed E-state index contributed by atoms with van der Waals surface area (Å²) in [5.41, 5.74) is 1.33. The average Bonchev–Trinajstić information content (AvgIpc) is 3.48. The summed E-state index contributed by atoms with van der Waals surface area (Å²) in [4.78, 5) is 18.3. The zero-order valence-corrected chi connectivity index (χ0v) is 22.7. The Hall–Kier alpha value is -3.44. The molecule has 0 radical (unpaired) electrons. The lowest BCUT2D eigenvalue weighted by molar-refractivity contribution is 0.137. The lowest BCUT2D eigenvalue weighted by atomic mass is 9.87. The van der Waals surface area contributed by atoms with Gasteiger partial charge in [0.15, 0.2) is 5.82 Å². The third kappa shape index (κ3) is 5.94. The van der Waals surface area contributed by atoms with Gasteiger partial charge in [0.25, 0.3) is 10.0 Å². The van der Waals surface area contributed by atoms with Crippen molar-refractivity contribution in [3.8, 4) is 11.5 Å². The second kappa shape index (κ2) is 10.1. The molecule has 3 heterocycles. The van der Waals surface area contributed by atoms with Crippen molar-refractivity contribution in [2.75, 3.05) is 17.8 Å². The molecule has 2 aromatic heterocycles. The normalized spacial score (nSPS) is 16.0. The third-order valence-corrected chi connectivity index (χ3v) is 7.58. The number of nitrogens with one attached hydrogen (secondary N) is 1. The quantitative estimate of drug-likeness (QED) is 0.433. The standard InChI is InChI=1S/C25H29ClN6O4S/c1-16(2)36-24(33)31-11-10-19(14-31)32-15-28-29-23(32)22-21(12-18(26)13-27-22)30-37(34,35)20-8-6-17(7-9-20)25(3,4)5/h6-9,12-13,15,19,30H,1,10-11,14H2,2-5H3. The van der Waals surface area contributed by atoms with Crippen LogP contribution in [0.2, 0.25) is 5.02 Å². The summed E-state index contributed by atoms with van der Waals surface area (Å²) < 4.78 is 36.0. The smallest absolute Gasteiger partial charge is 0.414 e. The van der Waals surface area contributed by atoms with E-state index in [9.17, 15) is 13.2 Å². The molecule has 1 aliphatic rings. The Labute approximate surface area is 221 Å². The van der Waals surface area contributed by atoms with E-state index in [0.717, 1.165) is 5.56 Å². The molecular formula is C25H29ClN6O4S. The number of carbonyl (C=O) groups is 1. The first-order valence-corrected chi connectivity index (χ1v) is 13.5. The van der Waals surface area contributed by atoms with Crippen molar-refractivity contribution in [1.82, 2.24) is 24.6 Å². The fourth-order valence-corrected chi connectivity index (χ4v) is 5.28. The van der Waals surface area contributed by atoms with Crippen molar-refractivity contribution >= 4 is 33.4 Å². The predicted molar refractivity (Wildman–Crippen MR) is 141 cm³/mol. The molecule has 1 aliphatic heterocycles. The van der Waals surface area contributed by atoms with Crippen LogP contribution in [-0.2, 0) is 20.2 Å². The number of ether oxygens (including phenoxy) is 1. The highest BCUT2D eigenvalue weighted by Crippen LogP contribution is 2.33. The van der Waals surface area contributed by atoms with Crippen LogP contribution >= 0.6 is 11.6 Å². The first-order valence-electron chi connectivity index (χ1n) is 11.7. The maximum atomic E-state index is 13.3. The van der Waals surface area contributed by atoms with Crippen LogP contribution < -0.4 is 4.72 Å². The number of carbonyl (C=O) groups excluding carboxylic acids is 1. The number of hydrogen-bond acceptors (Lipinski definition) is 7. The number of amides is 1. The molecule has 0 aliphatic carbocycles. The topological polar surface area (TPSA) is 119 Å². The summed E-state index contributed by atoms with van der Waals surface area (Å²) in [6.45, 7) is 12.2. The summed E-state index contributed by atoms with van der Waals surface area (Å²) in [5, 5.41) is 8.49. The van der Waals surface area contributed by atoms with Crippen LogP contribution in [0.3, 0.4) is 0 Å². The number of sulfonamides is 1. The van der Waals surface area contributed by atoms with E-state index in [1.807, 2.05) is 0 Å². The summed E-state index contributed by atoms with van der Waals surface area (Å²) >= 11 is 6.18. The number of pyridine rings is 1. The first-order chi connectivity index (χ1) is 17.3. The molecule has 1 atom stereocenters. The van der Waals surface area contributed by atoms with E-state index in [-0.39, 0.29) is 32.8 Å². The number of nitrogens with zero attached hydrogens (tertiary/aromatic N) is 5. The minimum absolute atomic E-state index is 0.107. The van der Waals surface area contributed by atoms with Crippen molar-refractivity contribution in [3.63, 3.8) is 0 Å². The molecular weight excluding hydrogens is 516 g/mol. The van der Waals surface area contributed by atoms with Crippen LogP contribution in [-0.4, -0.2) is 52.2 Å². The van der Waals surface area contributed by atoms with Gasteiger partial charge in [0, 0.05) is 19.3 Å². The van der Waals surface area contributed by atoms with E-state index < -0.39 is 16.1 Å². The second-order valence-electron chi connectivity index (χ2n) is 9.95. The third-order valence-electron chi connectivity index (χ3n) is 5.99. The van der Waals surface area contributed by atoms with E-state index in [4.69, 9.17) is 16.3 Å². The fourth-order valence-electron chi connectivity index (χ4n) is 4.06. The number of rotatable bonds is 6. The Balaban J connectivity index is 1.62.